The number of hydrogen-bond donors (Lipinski definition) is 1. The van der Waals surface area contributed by atoms with Gasteiger partial charge in [0.05, 0.1) is 11.9 Å². The van der Waals surface area contributed by atoms with Gasteiger partial charge in [0.15, 0.2) is 5.78 Å². The van der Waals surface area contributed by atoms with E-state index in [9.17, 15) is 14.4 Å². The number of anilines is 1. The van der Waals surface area contributed by atoms with Crippen LogP contribution in [0.1, 0.15) is 17.3 Å². The van der Waals surface area contributed by atoms with Crippen LogP contribution in [0.4, 0.5) is 5.69 Å². The molecule has 1 N–H and O–H groups in total. The van der Waals surface area contributed by atoms with Crippen LogP contribution in [0.3, 0.4) is 0 Å². The maximum absolute atomic E-state index is 12.1. The minimum absolute atomic E-state index is 0.0597. The van der Waals surface area contributed by atoms with Crippen LogP contribution in [0.15, 0.2) is 59.5 Å². The summed E-state index contributed by atoms with van der Waals surface area (Å²) >= 11 is 5.84. The van der Waals surface area contributed by atoms with E-state index in [2.05, 4.69) is 15.4 Å². The minimum Gasteiger partial charge on any atom is -0.324 e. The first-order valence-electron chi connectivity index (χ1n) is 8.03. The van der Waals surface area contributed by atoms with E-state index in [-0.39, 0.29) is 12.3 Å². The van der Waals surface area contributed by atoms with Gasteiger partial charge in [-0.1, -0.05) is 23.7 Å². The Labute approximate surface area is 159 Å². The molecule has 7 nitrogen and oxygen atoms in total. The van der Waals surface area contributed by atoms with E-state index in [1.807, 2.05) is 0 Å². The van der Waals surface area contributed by atoms with Crippen molar-refractivity contribution in [2.45, 2.75) is 13.5 Å². The summed E-state index contributed by atoms with van der Waals surface area (Å²) in [5.74, 6) is -0.489. The van der Waals surface area contributed by atoms with Crippen LogP contribution in [0.25, 0.3) is 11.3 Å². The lowest BCUT2D eigenvalue weighted by Crippen LogP contribution is -2.31. The Hall–Kier alpha value is -3.32. The third kappa shape index (κ3) is 4.65. The number of Topliss-reactive ketones (excluding diaryl/α,β-unsaturated/α-hetero) is 1. The molecule has 0 aliphatic carbocycles. The molecule has 1 amide bonds. The van der Waals surface area contributed by atoms with Crippen molar-refractivity contribution in [2.24, 2.45) is 0 Å². The summed E-state index contributed by atoms with van der Waals surface area (Å²) in [7, 11) is 0. The molecule has 0 bridgehead atoms. The van der Waals surface area contributed by atoms with Gasteiger partial charge in [0, 0.05) is 21.8 Å². The third-order valence-electron chi connectivity index (χ3n) is 3.76. The zero-order chi connectivity index (χ0) is 19.4. The van der Waals surface area contributed by atoms with Crippen LogP contribution < -0.4 is 11.0 Å². The Kier molecular flexibility index (Phi) is 5.42. The topological polar surface area (TPSA) is 93.9 Å². The zero-order valence-electron chi connectivity index (χ0n) is 14.3. The average molecular weight is 383 g/mol. The second-order valence-corrected chi connectivity index (χ2v) is 6.21. The first-order chi connectivity index (χ1) is 12.9. The first kappa shape index (κ1) is 18.5. The quantitative estimate of drug-likeness (QED) is 0.685. The van der Waals surface area contributed by atoms with E-state index >= 15 is 0 Å². The maximum atomic E-state index is 12.1. The Morgan fingerprint density at radius 2 is 1.74 bits per heavy atom. The molecular formula is C19H15ClN4O3. The average Bonchev–Trinajstić information content (AvgIpc) is 2.64. The summed E-state index contributed by atoms with van der Waals surface area (Å²) < 4.78 is 0.971. The van der Waals surface area contributed by atoms with E-state index in [0.717, 1.165) is 4.68 Å². The summed E-state index contributed by atoms with van der Waals surface area (Å²) in [6.07, 6.45) is 1.42. The monoisotopic (exact) mass is 382 g/mol. The van der Waals surface area contributed by atoms with Gasteiger partial charge in [-0.2, -0.15) is 10.1 Å². The van der Waals surface area contributed by atoms with Crippen LogP contribution in [0.2, 0.25) is 5.02 Å². The lowest BCUT2D eigenvalue weighted by atomic mass is 10.1. The highest BCUT2D eigenvalue weighted by atomic mass is 35.5. The summed E-state index contributed by atoms with van der Waals surface area (Å²) in [6, 6.07) is 13.3. The maximum Gasteiger partial charge on any atom is 0.365 e. The number of ketones is 1. The Bertz CT molecular complexity index is 1040. The molecule has 1 aromatic heterocycles. The van der Waals surface area contributed by atoms with E-state index in [1.54, 1.807) is 48.5 Å². The highest BCUT2D eigenvalue weighted by molar-refractivity contribution is 6.30. The lowest BCUT2D eigenvalue weighted by Gasteiger charge is -2.07. The summed E-state index contributed by atoms with van der Waals surface area (Å²) in [4.78, 5) is 39.5. The van der Waals surface area contributed by atoms with Gasteiger partial charge in [-0.15, -0.1) is 0 Å². The molecule has 136 valence electrons. The molecule has 0 aliphatic heterocycles. The molecule has 3 rings (SSSR count). The summed E-state index contributed by atoms with van der Waals surface area (Å²) in [6.45, 7) is 1.19. The fraction of sp³-hybridized carbons (Fsp3) is 0.105. The Morgan fingerprint density at radius 3 is 2.33 bits per heavy atom. The predicted molar refractivity (Wildman–Crippen MR) is 102 cm³/mol. The van der Waals surface area contributed by atoms with Crippen molar-refractivity contribution in [1.82, 2.24) is 14.8 Å². The van der Waals surface area contributed by atoms with Gasteiger partial charge < -0.3 is 5.32 Å². The normalized spacial score (nSPS) is 10.4. The molecule has 0 aliphatic rings. The van der Waals surface area contributed by atoms with E-state index < -0.39 is 11.6 Å². The Balaban J connectivity index is 1.69. The predicted octanol–water partition coefficient (Wildman–Crippen LogP) is 2.80. The van der Waals surface area contributed by atoms with Crippen molar-refractivity contribution in [2.75, 3.05) is 5.32 Å². The fourth-order valence-corrected chi connectivity index (χ4v) is 2.48. The molecule has 1 heterocycles. The molecule has 0 spiro atoms. The van der Waals surface area contributed by atoms with Gasteiger partial charge >= 0.3 is 5.69 Å². The van der Waals surface area contributed by atoms with Gasteiger partial charge in [0.25, 0.3) is 0 Å². The second-order valence-electron chi connectivity index (χ2n) is 5.77. The van der Waals surface area contributed by atoms with Gasteiger partial charge in [-0.3, -0.25) is 9.59 Å². The van der Waals surface area contributed by atoms with Gasteiger partial charge in [-0.25, -0.2) is 9.48 Å². The van der Waals surface area contributed by atoms with Crippen LogP contribution in [-0.2, 0) is 11.3 Å². The molecular weight excluding hydrogens is 368 g/mol. The zero-order valence-corrected chi connectivity index (χ0v) is 15.1. The van der Waals surface area contributed by atoms with Crippen molar-refractivity contribution in [3.05, 3.63) is 75.8 Å². The SMILES string of the molecule is CC(=O)c1ccc(NC(=O)Cn2ncc(-c3ccc(Cl)cc3)nc2=O)cc1. The highest BCUT2D eigenvalue weighted by Gasteiger charge is 2.09. The highest BCUT2D eigenvalue weighted by Crippen LogP contribution is 2.17. The number of nitrogens with zero attached hydrogens (tertiary/aromatic N) is 3. The van der Waals surface area contributed by atoms with Crippen molar-refractivity contribution < 1.29 is 9.59 Å². The molecule has 27 heavy (non-hydrogen) atoms. The number of halogens is 1. The molecule has 0 radical (unpaired) electrons. The van der Waals surface area contributed by atoms with Gasteiger partial charge in [0.2, 0.25) is 5.91 Å². The van der Waals surface area contributed by atoms with Gasteiger partial charge in [0.1, 0.15) is 6.54 Å². The van der Waals surface area contributed by atoms with Crippen LogP contribution in [0, 0.1) is 0 Å². The standard InChI is InChI=1S/C19H15ClN4O3/c1-12(25)13-4-8-16(9-5-13)22-18(26)11-24-19(27)23-17(10-21-24)14-2-6-15(20)7-3-14/h2-10H,11H2,1H3,(H,22,26). The minimum atomic E-state index is -0.635. The number of amides is 1. The largest absolute Gasteiger partial charge is 0.365 e. The van der Waals surface area contributed by atoms with E-state index in [0.29, 0.717) is 27.5 Å². The summed E-state index contributed by atoms with van der Waals surface area (Å²) in [5, 5.41) is 7.22. The molecule has 2 aromatic carbocycles. The van der Waals surface area contributed by atoms with Crippen LogP contribution in [-0.4, -0.2) is 26.5 Å². The molecule has 0 atom stereocenters. The van der Waals surface area contributed by atoms with E-state index in [4.69, 9.17) is 11.6 Å². The smallest absolute Gasteiger partial charge is 0.324 e. The molecule has 0 unspecified atom stereocenters. The number of nitrogens with one attached hydrogen (secondary N) is 1. The van der Waals surface area contributed by atoms with Crippen molar-refractivity contribution in [1.29, 1.82) is 0 Å². The van der Waals surface area contributed by atoms with Crippen molar-refractivity contribution in [3.8, 4) is 11.3 Å². The molecule has 8 heteroatoms. The number of hydrogen-bond acceptors (Lipinski definition) is 5. The lowest BCUT2D eigenvalue weighted by molar-refractivity contribution is -0.117. The summed E-state index contributed by atoms with van der Waals surface area (Å²) in [5.41, 5.74) is 1.53. The molecule has 0 fully saturated rings. The van der Waals surface area contributed by atoms with Crippen molar-refractivity contribution >= 4 is 29.0 Å². The number of carbonyl (C=O) groups is 2. The van der Waals surface area contributed by atoms with Crippen molar-refractivity contribution in [3.63, 3.8) is 0 Å². The number of benzene rings is 2. The third-order valence-corrected chi connectivity index (χ3v) is 4.02. The first-order valence-corrected chi connectivity index (χ1v) is 8.41. The van der Waals surface area contributed by atoms with Crippen LogP contribution in [0.5, 0.6) is 0 Å². The van der Waals surface area contributed by atoms with E-state index in [1.165, 1.54) is 13.1 Å². The number of rotatable bonds is 5. The number of carbonyl (C=O) groups excluding carboxylic acids is 2. The Morgan fingerprint density at radius 1 is 1.07 bits per heavy atom. The van der Waals surface area contributed by atoms with Gasteiger partial charge in [-0.05, 0) is 43.3 Å². The van der Waals surface area contributed by atoms with Crippen LogP contribution >= 0.6 is 11.6 Å². The fourth-order valence-electron chi connectivity index (χ4n) is 2.36. The second kappa shape index (κ2) is 7.92. The molecule has 3 aromatic rings. The molecule has 0 saturated carbocycles. The number of aromatic nitrogens is 3. The molecule has 0 saturated heterocycles.